The van der Waals surface area contributed by atoms with Gasteiger partial charge in [0.15, 0.2) is 0 Å². The molecule has 0 saturated carbocycles. The molecule has 1 N–H and O–H groups in total. The molecule has 1 aliphatic rings. The van der Waals surface area contributed by atoms with Gasteiger partial charge in [0.2, 0.25) is 5.60 Å². The molecule has 1 aliphatic heterocycles. The smallest absolute Gasteiger partial charge is 0.297 e. The first-order valence-electron chi connectivity index (χ1n) is 8.89. The van der Waals surface area contributed by atoms with Crippen molar-refractivity contribution >= 4 is 29.0 Å². The van der Waals surface area contributed by atoms with Crippen molar-refractivity contribution in [3.63, 3.8) is 0 Å². The summed E-state index contributed by atoms with van der Waals surface area (Å²) in [5.74, 6) is 0.188. The van der Waals surface area contributed by atoms with Crippen LogP contribution in [0.3, 0.4) is 0 Å². The van der Waals surface area contributed by atoms with Crippen LogP contribution >= 0.6 is 12.2 Å². The van der Waals surface area contributed by atoms with Crippen molar-refractivity contribution in [3.05, 3.63) is 90.2 Å². The molecule has 1 amide bonds. The van der Waals surface area contributed by atoms with E-state index in [0.717, 1.165) is 5.69 Å². The van der Waals surface area contributed by atoms with Gasteiger partial charge in [-0.15, -0.1) is 0 Å². The predicted octanol–water partition coefficient (Wildman–Crippen LogP) is 5.00. The fourth-order valence-corrected chi connectivity index (χ4v) is 3.28. The number of thiocarbonyl (C=S) groups is 1. The quantitative estimate of drug-likeness (QED) is 0.602. The zero-order chi connectivity index (χ0) is 20.4. The third kappa shape index (κ3) is 3.77. The number of nitrogens with one attached hydrogen (secondary N) is 1. The molecule has 5 nitrogen and oxygen atoms in total. The maximum atomic E-state index is 13.3. The van der Waals surface area contributed by atoms with Gasteiger partial charge in [0, 0.05) is 11.6 Å². The lowest BCUT2D eigenvalue weighted by molar-refractivity contribution is -0.135. The standard InChI is InChI=1S/C22H17FN2O3S/c1-22(20(26)25(21(29)28-22)24-17-7-3-2-4-8-17)15-10-12-18(13-11-15)27-19-9-5-6-16(23)14-19/h2-14,24H,1H3. The number of hydrazine groups is 1. The van der Waals surface area contributed by atoms with Crippen LogP contribution in [0.1, 0.15) is 12.5 Å². The van der Waals surface area contributed by atoms with Crippen LogP contribution in [-0.2, 0) is 15.1 Å². The van der Waals surface area contributed by atoms with E-state index in [1.165, 1.54) is 17.1 Å². The van der Waals surface area contributed by atoms with E-state index >= 15 is 0 Å². The van der Waals surface area contributed by atoms with E-state index in [4.69, 9.17) is 21.7 Å². The van der Waals surface area contributed by atoms with E-state index in [1.54, 1.807) is 43.3 Å². The molecule has 1 unspecified atom stereocenters. The average Bonchev–Trinajstić information content (AvgIpc) is 2.93. The topological polar surface area (TPSA) is 50.8 Å². The molecule has 4 rings (SSSR count). The number of carbonyl (C=O) groups is 1. The Kier molecular flexibility index (Phi) is 4.90. The molecule has 7 heteroatoms. The molecule has 1 saturated heterocycles. The molecular formula is C22H17FN2O3S. The van der Waals surface area contributed by atoms with Crippen molar-refractivity contribution in [1.82, 2.24) is 5.01 Å². The van der Waals surface area contributed by atoms with Crippen LogP contribution in [0.4, 0.5) is 10.1 Å². The van der Waals surface area contributed by atoms with E-state index in [0.29, 0.717) is 17.1 Å². The van der Waals surface area contributed by atoms with Gasteiger partial charge in [-0.3, -0.25) is 10.2 Å². The fraction of sp³-hybridized carbons (Fsp3) is 0.0909. The van der Waals surface area contributed by atoms with Crippen molar-refractivity contribution in [2.24, 2.45) is 0 Å². The minimum absolute atomic E-state index is 0.0430. The Hall–Kier alpha value is -3.45. The number of carbonyl (C=O) groups excluding carboxylic acids is 1. The summed E-state index contributed by atoms with van der Waals surface area (Å²) in [6.07, 6.45) is 0. The van der Waals surface area contributed by atoms with Crippen molar-refractivity contribution in [3.8, 4) is 11.5 Å². The third-order valence-corrected chi connectivity index (χ3v) is 4.80. The van der Waals surface area contributed by atoms with Gasteiger partial charge < -0.3 is 9.47 Å². The van der Waals surface area contributed by atoms with Gasteiger partial charge in [-0.05, 0) is 55.5 Å². The summed E-state index contributed by atoms with van der Waals surface area (Å²) in [4.78, 5) is 13.0. The lowest BCUT2D eigenvalue weighted by atomic mass is 9.95. The highest BCUT2D eigenvalue weighted by Gasteiger charge is 2.50. The number of rotatable bonds is 5. The fourth-order valence-electron chi connectivity index (χ4n) is 2.99. The largest absolute Gasteiger partial charge is 0.457 e. The summed E-state index contributed by atoms with van der Waals surface area (Å²) in [7, 11) is 0. The molecule has 0 aliphatic carbocycles. The maximum absolute atomic E-state index is 13.3. The summed E-state index contributed by atoms with van der Waals surface area (Å²) < 4.78 is 24.7. The van der Waals surface area contributed by atoms with E-state index < -0.39 is 5.60 Å². The van der Waals surface area contributed by atoms with E-state index in [9.17, 15) is 9.18 Å². The predicted molar refractivity (Wildman–Crippen MR) is 111 cm³/mol. The molecule has 1 fully saturated rings. The van der Waals surface area contributed by atoms with Crippen LogP contribution in [0.15, 0.2) is 78.9 Å². The average molecular weight is 408 g/mol. The van der Waals surface area contributed by atoms with Gasteiger partial charge in [-0.25, -0.2) is 4.39 Å². The number of halogens is 1. The number of hydrogen-bond acceptors (Lipinski definition) is 5. The first-order chi connectivity index (χ1) is 14.0. The van der Waals surface area contributed by atoms with Crippen molar-refractivity contribution in [2.75, 3.05) is 5.43 Å². The molecule has 29 heavy (non-hydrogen) atoms. The zero-order valence-corrected chi connectivity index (χ0v) is 16.3. The normalized spacial score (nSPS) is 18.5. The van der Waals surface area contributed by atoms with Crippen molar-refractivity contribution < 1.29 is 18.7 Å². The molecule has 0 aromatic heterocycles. The molecule has 3 aromatic rings. The number of amides is 1. The van der Waals surface area contributed by atoms with Gasteiger partial charge in [0.05, 0.1) is 5.69 Å². The number of benzene rings is 3. The Balaban J connectivity index is 1.53. The Morgan fingerprint density at radius 3 is 2.41 bits per heavy atom. The Morgan fingerprint density at radius 2 is 1.72 bits per heavy atom. The van der Waals surface area contributed by atoms with Gasteiger partial charge in [-0.1, -0.05) is 36.4 Å². The highest BCUT2D eigenvalue weighted by molar-refractivity contribution is 7.80. The van der Waals surface area contributed by atoms with Crippen LogP contribution in [0, 0.1) is 5.82 Å². The monoisotopic (exact) mass is 408 g/mol. The van der Waals surface area contributed by atoms with Gasteiger partial charge in [0.1, 0.15) is 17.3 Å². The summed E-state index contributed by atoms with van der Waals surface area (Å²) in [5, 5.41) is 1.27. The van der Waals surface area contributed by atoms with E-state index in [-0.39, 0.29) is 16.9 Å². The Bertz CT molecular complexity index is 1060. The van der Waals surface area contributed by atoms with Crippen LogP contribution in [0.2, 0.25) is 0 Å². The first kappa shape index (κ1) is 18.9. The van der Waals surface area contributed by atoms with Gasteiger partial charge >= 0.3 is 0 Å². The number of anilines is 1. The van der Waals surface area contributed by atoms with E-state index in [2.05, 4.69) is 5.43 Å². The number of hydrogen-bond donors (Lipinski definition) is 1. The molecule has 0 radical (unpaired) electrons. The van der Waals surface area contributed by atoms with Crippen molar-refractivity contribution in [2.45, 2.75) is 12.5 Å². The second-order valence-electron chi connectivity index (χ2n) is 6.60. The minimum atomic E-state index is -1.27. The van der Waals surface area contributed by atoms with Gasteiger partial charge in [0.25, 0.3) is 11.1 Å². The van der Waals surface area contributed by atoms with Crippen LogP contribution in [0.5, 0.6) is 11.5 Å². The number of ether oxygens (including phenoxy) is 2. The van der Waals surface area contributed by atoms with Crippen molar-refractivity contribution in [1.29, 1.82) is 0 Å². The SMILES string of the molecule is CC1(c2ccc(Oc3cccc(F)c3)cc2)OC(=S)N(Nc2ccccc2)C1=O. The van der Waals surface area contributed by atoms with Crippen LogP contribution in [0.25, 0.3) is 0 Å². The van der Waals surface area contributed by atoms with Gasteiger partial charge in [-0.2, -0.15) is 5.01 Å². The summed E-state index contributed by atoms with van der Waals surface area (Å²) in [6.45, 7) is 1.66. The molecule has 1 heterocycles. The summed E-state index contributed by atoms with van der Waals surface area (Å²) >= 11 is 5.25. The molecule has 0 bridgehead atoms. The summed E-state index contributed by atoms with van der Waals surface area (Å²) in [5.41, 5.74) is 3.04. The molecular weight excluding hydrogens is 391 g/mol. The second-order valence-corrected chi connectivity index (χ2v) is 6.95. The number of para-hydroxylation sites is 1. The Morgan fingerprint density at radius 1 is 1.00 bits per heavy atom. The molecule has 146 valence electrons. The lowest BCUT2D eigenvalue weighted by Crippen LogP contribution is -2.39. The van der Waals surface area contributed by atoms with Crippen LogP contribution in [-0.4, -0.2) is 16.1 Å². The first-order valence-corrected chi connectivity index (χ1v) is 9.30. The minimum Gasteiger partial charge on any atom is -0.457 e. The van der Waals surface area contributed by atoms with E-state index in [1.807, 2.05) is 30.3 Å². The highest BCUT2D eigenvalue weighted by atomic mass is 32.1. The number of nitrogens with zero attached hydrogens (tertiary/aromatic N) is 1. The maximum Gasteiger partial charge on any atom is 0.297 e. The summed E-state index contributed by atoms with van der Waals surface area (Å²) in [6, 6.07) is 21.9. The molecule has 1 atom stereocenters. The highest BCUT2D eigenvalue weighted by Crippen LogP contribution is 2.35. The second kappa shape index (κ2) is 7.52. The Labute approximate surface area is 172 Å². The lowest BCUT2D eigenvalue weighted by Gasteiger charge is -2.21. The van der Waals surface area contributed by atoms with Crippen LogP contribution < -0.4 is 10.2 Å². The molecule has 0 spiro atoms. The molecule has 3 aromatic carbocycles. The zero-order valence-electron chi connectivity index (χ0n) is 15.5. The third-order valence-electron chi connectivity index (χ3n) is 4.54.